The maximum Gasteiger partial charge on any atom is 0.331 e. The number of carboxylic acids is 1. The number of amides is 1. The smallest absolute Gasteiger partial charge is 0.331 e. The van der Waals surface area contributed by atoms with Gasteiger partial charge in [-0.3, -0.25) is 9.59 Å². The Hall–Kier alpha value is -1.85. The highest BCUT2D eigenvalue weighted by Gasteiger charge is 2.21. The molecule has 6 heteroatoms. The second kappa shape index (κ2) is 6.78. The lowest BCUT2D eigenvalue weighted by atomic mass is 10.1. The van der Waals surface area contributed by atoms with Crippen LogP contribution >= 0.6 is 0 Å². The van der Waals surface area contributed by atoms with Gasteiger partial charge in [0.2, 0.25) is 5.91 Å². The molecule has 0 aromatic heterocycles. The standard InChI is InChI=1S/C12H19NO5/c1-7(12(17)18-5)6-13(4)10(14)8(2)9(3)11(15)16/h7H,6H2,1-5H3,(H,15,16)/b9-8-. The molecule has 0 aromatic carbocycles. The van der Waals surface area contributed by atoms with E-state index in [0.29, 0.717) is 0 Å². The summed E-state index contributed by atoms with van der Waals surface area (Å²) in [5.74, 6) is -2.41. The monoisotopic (exact) mass is 257 g/mol. The van der Waals surface area contributed by atoms with Crippen molar-refractivity contribution in [3.63, 3.8) is 0 Å². The maximum absolute atomic E-state index is 11.9. The molecule has 0 spiro atoms. The van der Waals surface area contributed by atoms with Crippen LogP contribution in [0.25, 0.3) is 0 Å². The molecule has 0 bridgehead atoms. The first-order valence-corrected chi connectivity index (χ1v) is 5.46. The van der Waals surface area contributed by atoms with Crippen molar-refractivity contribution in [3.05, 3.63) is 11.1 Å². The van der Waals surface area contributed by atoms with Crippen LogP contribution in [0.3, 0.4) is 0 Å². The van der Waals surface area contributed by atoms with Crippen LogP contribution in [-0.4, -0.2) is 48.6 Å². The molecule has 0 rings (SSSR count). The zero-order chi connectivity index (χ0) is 14.5. The van der Waals surface area contributed by atoms with Gasteiger partial charge in [0.15, 0.2) is 0 Å². The molecule has 0 saturated carbocycles. The van der Waals surface area contributed by atoms with Gasteiger partial charge in [-0.1, -0.05) is 6.92 Å². The molecule has 102 valence electrons. The second-order valence-electron chi connectivity index (χ2n) is 4.17. The molecule has 0 aliphatic heterocycles. The Morgan fingerprint density at radius 3 is 2.11 bits per heavy atom. The number of nitrogens with zero attached hydrogens (tertiary/aromatic N) is 1. The Morgan fingerprint density at radius 2 is 1.72 bits per heavy atom. The molecule has 0 radical (unpaired) electrons. The zero-order valence-corrected chi connectivity index (χ0v) is 11.3. The number of hydrogen-bond donors (Lipinski definition) is 1. The van der Waals surface area contributed by atoms with E-state index in [4.69, 9.17) is 5.11 Å². The van der Waals surface area contributed by atoms with E-state index >= 15 is 0 Å². The lowest BCUT2D eigenvalue weighted by Gasteiger charge is -2.21. The molecule has 1 atom stereocenters. The van der Waals surface area contributed by atoms with Crippen molar-refractivity contribution in [3.8, 4) is 0 Å². The van der Waals surface area contributed by atoms with E-state index in [1.165, 1.54) is 32.9 Å². The van der Waals surface area contributed by atoms with Gasteiger partial charge in [-0.05, 0) is 13.8 Å². The first-order valence-electron chi connectivity index (χ1n) is 5.46. The van der Waals surface area contributed by atoms with Crippen LogP contribution < -0.4 is 0 Å². The second-order valence-corrected chi connectivity index (χ2v) is 4.17. The van der Waals surface area contributed by atoms with Gasteiger partial charge in [-0.2, -0.15) is 0 Å². The molecule has 0 saturated heterocycles. The van der Waals surface area contributed by atoms with Crippen molar-refractivity contribution in [2.45, 2.75) is 20.8 Å². The number of carbonyl (C=O) groups is 3. The summed E-state index contributed by atoms with van der Waals surface area (Å²) in [6, 6.07) is 0. The fraction of sp³-hybridized carbons (Fsp3) is 0.583. The highest BCUT2D eigenvalue weighted by Crippen LogP contribution is 2.09. The van der Waals surface area contributed by atoms with Crippen LogP contribution in [0.1, 0.15) is 20.8 Å². The first-order chi connectivity index (χ1) is 8.22. The minimum absolute atomic E-state index is 0.00225. The fourth-order valence-electron chi connectivity index (χ4n) is 1.38. The third-order valence-electron chi connectivity index (χ3n) is 2.70. The largest absolute Gasteiger partial charge is 0.478 e. The molecule has 1 amide bonds. The van der Waals surface area contributed by atoms with Crippen molar-refractivity contribution in [1.29, 1.82) is 0 Å². The van der Waals surface area contributed by atoms with Gasteiger partial charge in [0.1, 0.15) is 0 Å². The van der Waals surface area contributed by atoms with Crippen LogP contribution in [-0.2, 0) is 19.1 Å². The summed E-state index contributed by atoms with van der Waals surface area (Å²) < 4.78 is 4.56. The number of carboxylic acid groups (broad SMARTS) is 1. The normalized spacial score (nSPS) is 13.4. The van der Waals surface area contributed by atoms with E-state index in [0.717, 1.165) is 0 Å². The number of methoxy groups -OCH3 is 1. The summed E-state index contributed by atoms with van der Waals surface area (Å²) in [5.41, 5.74) is 0.152. The van der Waals surface area contributed by atoms with E-state index in [9.17, 15) is 14.4 Å². The third-order valence-corrected chi connectivity index (χ3v) is 2.70. The van der Waals surface area contributed by atoms with E-state index in [1.54, 1.807) is 6.92 Å². The maximum atomic E-state index is 11.9. The summed E-state index contributed by atoms with van der Waals surface area (Å²) in [6.07, 6.45) is 0. The number of esters is 1. The van der Waals surface area contributed by atoms with Crippen LogP contribution in [0.15, 0.2) is 11.1 Å². The number of rotatable bonds is 5. The van der Waals surface area contributed by atoms with Gasteiger partial charge in [0.25, 0.3) is 0 Å². The number of likely N-dealkylation sites (N-methyl/N-ethyl adjacent to an activating group) is 1. The molecule has 0 aromatic rings. The van der Waals surface area contributed by atoms with Gasteiger partial charge in [-0.15, -0.1) is 0 Å². The molecular formula is C12H19NO5. The Morgan fingerprint density at radius 1 is 1.22 bits per heavy atom. The number of hydrogen-bond acceptors (Lipinski definition) is 4. The lowest BCUT2D eigenvalue weighted by Crippen LogP contribution is -2.35. The molecular weight excluding hydrogens is 238 g/mol. The van der Waals surface area contributed by atoms with E-state index in [-0.39, 0.29) is 17.7 Å². The Labute approximate surface area is 106 Å². The van der Waals surface area contributed by atoms with Crippen LogP contribution in [0.2, 0.25) is 0 Å². The number of aliphatic carboxylic acids is 1. The van der Waals surface area contributed by atoms with Crippen LogP contribution in [0, 0.1) is 5.92 Å². The van der Waals surface area contributed by atoms with Crippen molar-refractivity contribution in [2.24, 2.45) is 5.92 Å². The predicted molar refractivity (Wildman–Crippen MR) is 64.8 cm³/mol. The quantitative estimate of drug-likeness (QED) is 0.578. The minimum Gasteiger partial charge on any atom is -0.478 e. The molecule has 1 unspecified atom stereocenters. The molecule has 1 N–H and O–H groups in total. The summed E-state index contributed by atoms with van der Waals surface area (Å²) >= 11 is 0. The van der Waals surface area contributed by atoms with E-state index < -0.39 is 23.8 Å². The van der Waals surface area contributed by atoms with Crippen molar-refractivity contribution < 1.29 is 24.2 Å². The number of ether oxygens (including phenoxy) is 1. The van der Waals surface area contributed by atoms with E-state index in [1.807, 2.05) is 0 Å². The SMILES string of the molecule is COC(=O)C(C)CN(C)C(=O)/C(C)=C(/C)C(=O)O. The first kappa shape index (κ1) is 16.1. The van der Waals surface area contributed by atoms with Gasteiger partial charge < -0.3 is 14.7 Å². The lowest BCUT2D eigenvalue weighted by molar-refractivity contribution is -0.146. The molecule has 18 heavy (non-hydrogen) atoms. The van der Waals surface area contributed by atoms with Gasteiger partial charge in [0.05, 0.1) is 13.0 Å². The Bertz CT molecular complexity index is 386. The Kier molecular flexibility index (Phi) is 6.08. The Balaban J connectivity index is 4.77. The van der Waals surface area contributed by atoms with Gasteiger partial charge in [-0.25, -0.2) is 4.79 Å². The average Bonchev–Trinajstić information content (AvgIpc) is 2.34. The van der Waals surface area contributed by atoms with Gasteiger partial charge >= 0.3 is 11.9 Å². The van der Waals surface area contributed by atoms with Crippen LogP contribution in [0.4, 0.5) is 0 Å². The third kappa shape index (κ3) is 4.20. The molecule has 0 aliphatic rings. The highest BCUT2D eigenvalue weighted by atomic mass is 16.5. The summed E-state index contributed by atoms with van der Waals surface area (Å²) in [6.45, 7) is 4.63. The molecule has 0 aliphatic carbocycles. The van der Waals surface area contributed by atoms with Crippen LogP contribution in [0.5, 0.6) is 0 Å². The number of carbonyl (C=O) groups excluding carboxylic acids is 2. The molecule has 0 heterocycles. The fourth-order valence-corrected chi connectivity index (χ4v) is 1.38. The van der Waals surface area contributed by atoms with Crippen molar-refractivity contribution in [2.75, 3.05) is 20.7 Å². The molecule has 6 nitrogen and oxygen atoms in total. The topological polar surface area (TPSA) is 83.9 Å². The highest BCUT2D eigenvalue weighted by molar-refractivity contribution is 6.01. The van der Waals surface area contributed by atoms with Crippen molar-refractivity contribution in [1.82, 2.24) is 4.90 Å². The zero-order valence-electron chi connectivity index (χ0n) is 11.3. The predicted octanol–water partition coefficient (Wildman–Crippen LogP) is 0.675. The summed E-state index contributed by atoms with van der Waals surface area (Å²) in [4.78, 5) is 35.2. The summed E-state index contributed by atoms with van der Waals surface area (Å²) in [5, 5.41) is 8.79. The van der Waals surface area contributed by atoms with Crippen molar-refractivity contribution >= 4 is 17.8 Å². The summed E-state index contributed by atoms with van der Waals surface area (Å²) in [7, 11) is 2.79. The minimum atomic E-state index is -1.13. The van der Waals surface area contributed by atoms with E-state index in [2.05, 4.69) is 4.74 Å². The van der Waals surface area contributed by atoms with Gasteiger partial charge in [0, 0.05) is 24.7 Å². The molecule has 0 fully saturated rings. The average molecular weight is 257 g/mol.